The maximum absolute atomic E-state index is 11.4. The number of rotatable bonds is 4. The van der Waals surface area contributed by atoms with Gasteiger partial charge in [0.05, 0.1) is 17.6 Å². The highest BCUT2D eigenvalue weighted by molar-refractivity contribution is 6.30. The molecular formula is C12H12ClN5O. The SMILES string of the molecule is CCc1nc(C(N)=O)c(Nc2cccnc2)nc1Cl. The highest BCUT2D eigenvalue weighted by atomic mass is 35.5. The highest BCUT2D eigenvalue weighted by Gasteiger charge is 2.16. The van der Waals surface area contributed by atoms with Gasteiger partial charge in [0.1, 0.15) is 0 Å². The maximum atomic E-state index is 11.4. The van der Waals surface area contributed by atoms with Gasteiger partial charge >= 0.3 is 0 Å². The van der Waals surface area contributed by atoms with E-state index in [0.29, 0.717) is 17.8 Å². The Bertz CT molecular complexity index is 603. The molecule has 0 unspecified atom stereocenters. The van der Waals surface area contributed by atoms with Crippen LogP contribution in [0.1, 0.15) is 23.1 Å². The van der Waals surface area contributed by atoms with E-state index in [-0.39, 0.29) is 16.7 Å². The number of primary amides is 1. The molecule has 0 atom stereocenters. The molecule has 0 aromatic carbocycles. The fourth-order valence-electron chi connectivity index (χ4n) is 1.51. The molecule has 7 heteroatoms. The Balaban J connectivity index is 2.44. The Morgan fingerprint density at radius 3 is 2.84 bits per heavy atom. The van der Waals surface area contributed by atoms with Crippen molar-refractivity contribution in [3.8, 4) is 0 Å². The molecule has 0 aliphatic heterocycles. The van der Waals surface area contributed by atoms with E-state index in [0.717, 1.165) is 0 Å². The number of hydrogen-bond donors (Lipinski definition) is 2. The van der Waals surface area contributed by atoms with Gasteiger partial charge in [-0.15, -0.1) is 0 Å². The number of aryl methyl sites for hydroxylation is 1. The van der Waals surface area contributed by atoms with Crippen LogP contribution >= 0.6 is 11.6 Å². The number of hydrogen-bond acceptors (Lipinski definition) is 5. The minimum Gasteiger partial charge on any atom is -0.364 e. The van der Waals surface area contributed by atoms with Crippen molar-refractivity contribution in [1.82, 2.24) is 15.0 Å². The summed E-state index contributed by atoms with van der Waals surface area (Å²) in [4.78, 5) is 23.6. The Kier molecular flexibility index (Phi) is 3.91. The van der Waals surface area contributed by atoms with Gasteiger partial charge in [0, 0.05) is 6.20 Å². The summed E-state index contributed by atoms with van der Waals surface area (Å²) in [7, 11) is 0. The van der Waals surface area contributed by atoms with Crippen molar-refractivity contribution in [2.24, 2.45) is 5.73 Å². The van der Waals surface area contributed by atoms with Crippen molar-refractivity contribution < 1.29 is 4.79 Å². The van der Waals surface area contributed by atoms with E-state index in [1.807, 2.05) is 6.92 Å². The number of nitrogens with two attached hydrogens (primary N) is 1. The average Bonchev–Trinajstić information content (AvgIpc) is 2.39. The van der Waals surface area contributed by atoms with E-state index in [9.17, 15) is 4.79 Å². The molecule has 0 aliphatic carbocycles. The number of pyridine rings is 1. The van der Waals surface area contributed by atoms with Gasteiger partial charge in [0.25, 0.3) is 5.91 Å². The van der Waals surface area contributed by atoms with Gasteiger partial charge in [-0.25, -0.2) is 9.97 Å². The summed E-state index contributed by atoms with van der Waals surface area (Å²) in [6, 6.07) is 3.53. The van der Waals surface area contributed by atoms with Gasteiger partial charge in [0.2, 0.25) is 0 Å². The first-order valence-electron chi connectivity index (χ1n) is 5.65. The molecule has 0 bridgehead atoms. The van der Waals surface area contributed by atoms with Crippen LogP contribution < -0.4 is 11.1 Å². The van der Waals surface area contributed by atoms with E-state index < -0.39 is 5.91 Å². The second-order valence-corrected chi connectivity index (χ2v) is 4.10. The second kappa shape index (κ2) is 5.62. The predicted octanol–water partition coefficient (Wildman–Crippen LogP) is 1.93. The smallest absolute Gasteiger partial charge is 0.271 e. The van der Waals surface area contributed by atoms with Crippen molar-refractivity contribution in [3.63, 3.8) is 0 Å². The van der Waals surface area contributed by atoms with Crippen LogP contribution in [0.2, 0.25) is 5.15 Å². The molecule has 0 aliphatic rings. The topological polar surface area (TPSA) is 93.8 Å². The van der Waals surface area contributed by atoms with Gasteiger partial charge in [0.15, 0.2) is 16.7 Å². The second-order valence-electron chi connectivity index (χ2n) is 3.74. The lowest BCUT2D eigenvalue weighted by molar-refractivity contribution is 0.0996. The minimum absolute atomic E-state index is 0.0603. The third-order valence-corrected chi connectivity index (χ3v) is 2.71. The van der Waals surface area contributed by atoms with Crippen LogP contribution in [-0.4, -0.2) is 20.9 Å². The van der Waals surface area contributed by atoms with Crippen LogP contribution in [0.3, 0.4) is 0 Å². The Hall–Kier alpha value is -2.21. The number of carbonyl (C=O) groups excluding carboxylic acids is 1. The molecule has 2 aromatic rings. The largest absolute Gasteiger partial charge is 0.364 e. The van der Waals surface area contributed by atoms with Gasteiger partial charge in [-0.3, -0.25) is 9.78 Å². The summed E-state index contributed by atoms with van der Waals surface area (Å²) in [5, 5.41) is 3.17. The molecule has 2 rings (SSSR count). The van der Waals surface area contributed by atoms with Crippen LogP contribution in [0.15, 0.2) is 24.5 Å². The third kappa shape index (κ3) is 2.97. The summed E-state index contributed by atoms with van der Waals surface area (Å²) in [5.41, 5.74) is 6.56. The summed E-state index contributed by atoms with van der Waals surface area (Å²) < 4.78 is 0. The summed E-state index contributed by atoms with van der Waals surface area (Å²) in [6.07, 6.45) is 3.80. The molecule has 0 fully saturated rings. The molecule has 2 aromatic heterocycles. The minimum atomic E-state index is -0.662. The Morgan fingerprint density at radius 2 is 2.26 bits per heavy atom. The van der Waals surface area contributed by atoms with Crippen molar-refractivity contribution in [2.75, 3.05) is 5.32 Å². The number of anilines is 2. The fourth-order valence-corrected chi connectivity index (χ4v) is 1.77. The quantitative estimate of drug-likeness (QED) is 0.890. The highest BCUT2D eigenvalue weighted by Crippen LogP contribution is 2.21. The van der Waals surface area contributed by atoms with Crippen LogP contribution in [-0.2, 0) is 6.42 Å². The van der Waals surface area contributed by atoms with E-state index >= 15 is 0 Å². The van der Waals surface area contributed by atoms with Gasteiger partial charge in [-0.1, -0.05) is 18.5 Å². The average molecular weight is 278 g/mol. The van der Waals surface area contributed by atoms with E-state index in [2.05, 4.69) is 20.3 Å². The van der Waals surface area contributed by atoms with Crippen molar-refractivity contribution in [1.29, 1.82) is 0 Å². The lowest BCUT2D eigenvalue weighted by Gasteiger charge is -2.10. The van der Waals surface area contributed by atoms with Gasteiger partial charge < -0.3 is 11.1 Å². The van der Waals surface area contributed by atoms with E-state index in [1.54, 1.807) is 24.5 Å². The zero-order valence-corrected chi connectivity index (χ0v) is 11.0. The van der Waals surface area contributed by atoms with Gasteiger partial charge in [-0.05, 0) is 18.6 Å². The predicted molar refractivity (Wildman–Crippen MR) is 72.5 cm³/mol. The van der Waals surface area contributed by atoms with Crippen LogP contribution in [0.4, 0.5) is 11.5 Å². The monoisotopic (exact) mass is 277 g/mol. The number of halogens is 1. The summed E-state index contributed by atoms with van der Waals surface area (Å²) >= 11 is 5.99. The number of aromatic nitrogens is 3. The van der Waals surface area contributed by atoms with Crippen LogP contribution in [0.25, 0.3) is 0 Å². The number of nitrogens with zero attached hydrogens (tertiary/aromatic N) is 3. The molecule has 0 spiro atoms. The first kappa shape index (κ1) is 13.2. The summed E-state index contributed by atoms with van der Waals surface area (Å²) in [6.45, 7) is 1.87. The number of nitrogens with one attached hydrogen (secondary N) is 1. The molecule has 6 nitrogen and oxygen atoms in total. The molecule has 2 heterocycles. The molecule has 19 heavy (non-hydrogen) atoms. The third-order valence-electron chi connectivity index (χ3n) is 2.41. The molecule has 3 N–H and O–H groups in total. The van der Waals surface area contributed by atoms with E-state index in [1.165, 1.54) is 0 Å². The van der Waals surface area contributed by atoms with Gasteiger partial charge in [-0.2, -0.15) is 0 Å². The standard InChI is InChI=1S/C12H12ClN5O/c1-2-8-10(13)18-12(9(17-8)11(14)19)16-7-4-3-5-15-6-7/h3-6H,2H2,1H3,(H2,14,19)(H,16,18). The zero-order valence-electron chi connectivity index (χ0n) is 10.2. The summed E-state index contributed by atoms with van der Waals surface area (Å²) in [5.74, 6) is -0.437. The lowest BCUT2D eigenvalue weighted by Crippen LogP contribution is -2.18. The van der Waals surface area contributed by atoms with Crippen LogP contribution in [0, 0.1) is 0 Å². The number of carbonyl (C=O) groups is 1. The Morgan fingerprint density at radius 1 is 1.47 bits per heavy atom. The fraction of sp³-hybridized carbons (Fsp3) is 0.167. The van der Waals surface area contributed by atoms with Crippen molar-refractivity contribution in [2.45, 2.75) is 13.3 Å². The zero-order chi connectivity index (χ0) is 13.8. The normalized spacial score (nSPS) is 10.2. The molecular weight excluding hydrogens is 266 g/mol. The molecule has 1 amide bonds. The first-order chi connectivity index (χ1) is 9.11. The van der Waals surface area contributed by atoms with Crippen LogP contribution in [0.5, 0.6) is 0 Å². The molecule has 98 valence electrons. The van der Waals surface area contributed by atoms with E-state index in [4.69, 9.17) is 17.3 Å². The maximum Gasteiger partial charge on any atom is 0.271 e. The molecule has 0 radical (unpaired) electrons. The first-order valence-corrected chi connectivity index (χ1v) is 6.03. The van der Waals surface area contributed by atoms with Crippen molar-refractivity contribution in [3.05, 3.63) is 41.1 Å². The number of amides is 1. The molecule has 0 saturated carbocycles. The Labute approximate surface area is 115 Å². The lowest BCUT2D eigenvalue weighted by atomic mass is 10.3. The molecule has 0 saturated heterocycles. The van der Waals surface area contributed by atoms with Crippen molar-refractivity contribution >= 4 is 29.0 Å².